The fourth-order valence-corrected chi connectivity index (χ4v) is 2.54. The second-order valence-electron chi connectivity index (χ2n) is 3.76. The molecule has 0 aliphatic heterocycles. The summed E-state index contributed by atoms with van der Waals surface area (Å²) in [5.41, 5.74) is 0.661. The van der Waals surface area contributed by atoms with Crippen molar-refractivity contribution in [2.75, 3.05) is 19.0 Å². The number of rotatable bonds is 6. The third-order valence-electron chi connectivity index (χ3n) is 2.51. The van der Waals surface area contributed by atoms with Crippen molar-refractivity contribution in [2.24, 2.45) is 0 Å². The first kappa shape index (κ1) is 13.0. The molecule has 6 heteroatoms. The molecule has 0 amide bonds. The zero-order valence-electron chi connectivity index (χ0n) is 10.1. The van der Waals surface area contributed by atoms with Crippen LogP contribution in [0.1, 0.15) is 34.2 Å². The number of nitrogens with one attached hydrogen (secondary N) is 1. The summed E-state index contributed by atoms with van der Waals surface area (Å²) in [6.45, 7) is 3.32. The number of H-pyrrole nitrogens is 1. The molecule has 0 unspecified atom stereocenters. The third kappa shape index (κ3) is 2.70. The highest BCUT2D eigenvalue weighted by atomic mass is 32.2. The Morgan fingerprint density at radius 2 is 2.28 bits per heavy atom. The van der Waals surface area contributed by atoms with Gasteiger partial charge in [-0.15, -0.1) is 11.8 Å². The smallest absolute Gasteiger partial charge is 0.205 e. The molecule has 0 atom stereocenters. The molecule has 1 heterocycles. The number of carbonyl (C=O) groups is 2. The van der Waals surface area contributed by atoms with Crippen LogP contribution in [-0.2, 0) is 4.74 Å². The number of carbonyl (C=O) groups excluding carboxylic acids is 2. The molecule has 1 aromatic heterocycles. The Morgan fingerprint density at radius 1 is 1.44 bits per heavy atom. The molecule has 1 aliphatic carbocycles. The first-order valence-corrected chi connectivity index (χ1v) is 6.77. The Balaban J connectivity index is 1.94. The molecule has 0 aromatic carbocycles. The quantitative estimate of drug-likeness (QED) is 0.795. The molecule has 1 aliphatic rings. The lowest BCUT2D eigenvalue weighted by Crippen LogP contribution is -2.14. The van der Waals surface area contributed by atoms with Gasteiger partial charge in [0.15, 0.2) is 0 Å². The van der Waals surface area contributed by atoms with Gasteiger partial charge in [0.05, 0.1) is 16.7 Å². The predicted molar refractivity (Wildman–Crippen MR) is 68.9 cm³/mol. The highest BCUT2D eigenvalue weighted by Gasteiger charge is 2.27. The van der Waals surface area contributed by atoms with Crippen LogP contribution >= 0.6 is 11.8 Å². The van der Waals surface area contributed by atoms with E-state index in [-0.39, 0.29) is 11.6 Å². The molecule has 0 bridgehead atoms. The van der Waals surface area contributed by atoms with Crippen molar-refractivity contribution in [2.45, 2.75) is 13.3 Å². The molecule has 1 N–H and O–H groups in total. The second-order valence-corrected chi connectivity index (χ2v) is 4.90. The van der Waals surface area contributed by atoms with Crippen LogP contribution in [0.5, 0.6) is 0 Å². The summed E-state index contributed by atoms with van der Waals surface area (Å²) in [4.78, 5) is 24.2. The van der Waals surface area contributed by atoms with Crippen LogP contribution in [0.25, 0.3) is 0 Å². The highest BCUT2D eigenvalue weighted by Crippen LogP contribution is 2.27. The zero-order valence-corrected chi connectivity index (χ0v) is 10.9. The van der Waals surface area contributed by atoms with Crippen molar-refractivity contribution >= 4 is 23.3 Å². The highest BCUT2D eigenvalue weighted by molar-refractivity contribution is 8.04. The minimum atomic E-state index is -0.186. The summed E-state index contributed by atoms with van der Waals surface area (Å²) in [5, 5.41) is 6.28. The summed E-state index contributed by atoms with van der Waals surface area (Å²) < 4.78 is 5.22. The lowest BCUT2D eigenvalue weighted by atomic mass is 10.0. The molecule has 0 radical (unpaired) electrons. The van der Waals surface area contributed by atoms with Crippen LogP contribution < -0.4 is 0 Å². The molecule has 18 heavy (non-hydrogen) atoms. The fraction of sp³-hybridized carbons (Fsp3) is 0.417. The number of aromatic nitrogens is 2. The van der Waals surface area contributed by atoms with Gasteiger partial charge < -0.3 is 4.74 Å². The van der Waals surface area contributed by atoms with Crippen LogP contribution in [0, 0.1) is 0 Å². The molecule has 0 fully saturated rings. The van der Waals surface area contributed by atoms with Gasteiger partial charge in [0, 0.05) is 25.0 Å². The van der Waals surface area contributed by atoms with Crippen molar-refractivity contribution in [1.29, 1.82) is 0 Å². The lowest BCUT2D eigenvalue weighted by Gasteiger charge is -2.10. The number of ether oxygens (including phenoxy) is 1. The first-order chi connectivity index (χ1) is 8.74. The average molecular weight is 266 g/mol. The summed E-state index contributed by atoms with van der Waals surface area (Å²) in [6, 6.07) is 0. The summed E-state index contributed by atoms with van der Waals surface area (Å²) >= 11 is 1.40. The van der Waals surface area contributed by atoms with E-state index in [9.17, 15) is 9.59 Å². The Kier molecular flexibility index (Phi) is 4.33. The van der Waals surface area contributed by atoms with E-state index in [1.54, 1.807) is 0 Å². The molecule has 0 spiro atoms. The van der Waals surface area contributed by atoms with E-state index in [1.165, 1.54) is 24.0 Å². The fourth-order valence-electron chi connectivity index (χ4n) is 1.63. The third-order valence-corrected chi connectivity index (χ3v) is 3.62. The molecule has 96 valence electrons. The minimum Gasteiger partial charge on any atom is -0.382 e. The SMILES string of the molecule is CCOCCCSC1=CC(=O)c2[nH]ncc2C1=O. The van der Waals surface area contributed by atoms with Crippen molar-refractivity contribution in [1.82, 2.24) is 10.2 Å². The number of hydrogen-bond acceptors (Lipinski definition) is 5. The van der Waals surface area contributed by atoms with Gasteiger partial charge in [0.25, 0.3) is 0 Å². The number of allylic oxidation sites excluding steroid dienone is 2. The van der Waals surface area contributed by atoms with Crippen LogP contribution in [0.15, 0.2) is 17.2 Å². The Morgan fingerprint density at radius 3 is 3.06 bits per heavy atom. The molecular formula is C12H14N2O3S. The Bertz CT molecular complexity index is 493. The van der Waals surface area contributed by atoms with Crippen LogP contribution in [0.3, 0.4) is 0 Å². The van der Waals surface area contributed by atoms with E-state index >= 15 is 0 Å². The van der Waals surface area contributed by atoms with Crippen molar-refractivity contribution in [3.63, 3.8) is 0 Å². The minimum absolute atomic E-state index is 0.125. The summed E-state index contributed by atoms with van der Waals surface area (Å²) in [5.74, 6) is 0.451. The number of hydrogen-bond donors (Lipinski definition) is 1. The van der Waals surface area contributed by atoms with Crippen LogP contribution in [0.2, 0.25) is 0 Å². The van der Waals surface area contributed by atoms with Crippen molar-refractivity contribution in [3.05, 3.63) is 28.4 Å². The number of fused-ring (bicyclic) bond motifs is 1. The molecule has 2 rings (SSSR count). The van der Waals surface area contributed by atoms with Crippen LogP contribution in [0.4, 0.5) is 0 Å². The summed E-state index contributed by atoms with van der Waals surface area (Å²) in [7, 11) is 0. The van der Waals surface area contributed by atoms with Gasteiger partial charge in [-0.1, -0.05) is 0 Å². The van der Waals surface area contributed by atoms with Gasteiger partial charge in [0.2, 0.25) is 11.6 Å². The maximum Gasteiger partial charge on any atom is 0.205 e. The van der Waals surface area contributed by atoms with E-state index in [0.717, 1.165) is 12.2 Å². The monoisotopic (exact) mass is 266 g/mol. The van der Waals surface area contributed by atoms with E-state index < -0.39 is 0 Å². The maximum atomic E-state index is 12.0. The largest absolute Gasteiger partial charge is 0.382 e. The number of nitrogens with zero attached hydrogens (tertiary/aromatic N) is 1. The zero-order chi connectivity index (χ0) is 13.0. The van der Waals surface area contributed by atoms with E-state index in [4.69, 9.17) is 4.74 Å². The topological polar surface area (TPSA) is 72.1 Å². The van der Waals surface area contributed by atoms with Gasteiger partial charge in [-0.2, -0.15) is 5.10 Å². The number of ketones is 2. The van der Waals surface area contributed by atoms with E-state index in [2.05, 4.69) is 10.2 Å². The van der Waals surface area contributed by atoms with Gasteiger partial charge in [-0.05, 0) is 13.3 Å². The number of Topliss-reactive ketones (excluding diaryl/α,β-unsaturated/α-hetero) is 1. The number of aromatic amines is 1. The van der Waals surface area contributed by atoms with E-state index in [1.807, 2.05) is 6.92 Å². The second kappa shape index (κ2) is 5.97. The molecular weight excluding hydrogens is 252 g/mol. The number of thioether (sulfide) groups is 1. The Labute approximate surface area is 109 Å². The van der Waals surface area contributed by atoms with Crippen molar-refractivity contribution < 1.29 is 14.3 Å². The Hall–Kier alpha value is -1.40. The van der Waals surface area contributed by atoms with Gasteiger partial charge in [0.1, 0.15) is 5.69 Å². The lowest BCUT2D eigenvalue weighted by molar-refractivity contribution is 0.0989. The maximum absolute atomic E-state index is 12.0. The van der Waals surface area contributed by atoms with E-state index in [0.29, 0.717) is 29.4 Å². The molecule has 5 nitrogen and oxygen atoms in total. The predicted octanol–water partition coefficient (Wildman–Crippen LogP) is 1.83. The van der Waals surface area contributed by atoms with Gasteiger partial charge in [-0.3, -0.25) is 14.7 Å². The molecule has 1 aromatic rings. The van der Waals surface area contributed by atoms with Gasteiger partial charge >= 0.3 is 0 Å². The standard InChI is InChI=1S/C12H14N2O3S/c1-2-17-4-3-5-18-10-6-9(15)11-8(12(10)16)7-13-14-11/h6-7H,2-5H2,1H3,(H,13,14). The average Bonchev–Trinajstić information content (AvgIpc) is 2.84. The van der Waals surface area contributed by atoms with Crippen molar-refractivity contribution in [3.8, 4) is 0 Å². The summed E-state index contributed by atoms with van der Waals surface area (Å²) in [6.07, 6.45) is 3.65. The first-order valence-electron chi connectivity index (χ1n) is 5.78. The molecule has 0 saturated heterocycles. The normalized spacial score (nSPS) is 14.6. The van der Waals surface area contributed by atoms with Crippen LogP contribution in [-0.4, -0.2) is 40.7 Å². The van der Waals surface area contributed by atoms with Gasteiger partial charge in [-0.25, -0.2) is 0 Å². The molecule has 0 saturated carbocycles.